The van der Waals surface area contributed by atoms with Crippen molar-refractivity contribution in [2.24, 2.45) is 0 Å². The van der Waals surface area contributed by atoms with Gasteiger partial charge in [-0.05, 0) is 44.4 Å². The van der Waals surface area contributed by atoms with Crippen LogP contribution in [-0.4, -0.2) is 23.2 Å². The van der Waals surface area contributed by atoms with E-state index in [0.29, 0.717) is 6.54 Å². The van der Waals surface area contributed by atoms with Crippen LogP contribution in [0.4, 0.5) is 0 Å². The maximum Gasteiger partial charge on any atom is 0.323 e. The molecule has 0 saturated heterocycles. The lowest BCUT2D eigenvalue weighted by Gasteiger charge is -2.31. The van der Waals surface area contributed by atoms with Crippen LogP contribution >= 0.6 is 0 Å². The van der Waals surface area contributed by atoms with Gasteiger partial charge in [-0.2, -0.15) is 0 Å². The van der Waals surface area contributed by atoms with Crippen LogP contribution in [0.15, 0.2) is 18.2 Å². The summed E-state index contributed by atoms with van der Waals surface area (Å²) < 4.78 is 0. The van der Waals surface area contributed by atoms with E-state index in [9.17, 15) is 4.79 Å². The fourth-order valence-corrected chi connectivity index (χ4v) is 1.78. The van der Waals surface area contributed by atoms with E-state index in [1.807, 2.05) is 0 Å². The van der Waals surface area contributed by atoms with E-state index in [0.717, 1.165) is 0 Å². The molecule has 0 unspecified atom stereocenters. The summed E-state index contributed by atoms with van der Waals surface area (Å²) in [5.41, 5.74) is 2.76. The molecule has 0 fully saturated rings. The van der Waals surface area contributed by atoms with E-state index in [2.05, 4.69) is 51.2 Å². The van der Waals surface area contributed by atoms with E-state index in [1.54, 1.807) is 13.8 Å². The summed E-state index contributed by atoms with van der Waals surface area (Å²) in [6.07, 6.45) is 0. The van der Waals surface area contributed by atoms with Crippen LogP contribution in [0, 0.1) is 13.8 Å². The molecular formula is C16H25NO2. The molecule has 0 atom stereocenters. The van der Waals surface area contributed by atoms with Gasteiger partial charge in [0, 0.05) is 12.0 Å². The van der Waals surface area contributed by atoms with E-state index >= 15 is 0 Å². The Kier molecular flexibility index (Phi) is 4.41. The van der Waals surface area contributed by atoms with Gasteiger partial charge in [-0.1, -0.05) is 32.0 Å². The molecule has 0 spiro atoms. The van der Waals surface area contributed by atoms with Crippen LogP contribution in [0.25, 0.3) is 0 Å². The molecule has 0 amide bonds. The quantitative estimate of drug-likeness (QED) is 0.858. The number of aliphatic carboxylic acids is 1. The Morgan fingerprint density at radius 1 is 1.16 bits per heavy atom. The molecular weight excluding hydrogens is 238 g/mol. The van der Waals surface area contributed by atoms with Gasteiger partial charge in [-0.3, -0.25) is 4.79 Å². The van der Waals surface area contributed by atoms with Gasteiger partial charge >= 0.3 is 5.97 Å². The predicted molar refractivity (Wildman–Crippen MR) is 78.7 cm³/mol. The zero-order valence-corrected chi connectivity index (χ0v) is 12.8. The van der Waals surface area contributed by atoms with Gasteiger partial charge in [0.05, 0.1) is 0 Å². The van der Waals surface area contributed by atoms with Crippen LogP contribution < -0.4 is 5.32 Å². The minimum atomic E-state index is -0.906. The van der Waals surface area contributed by atoms with Crippen LogP contribution in [-0.2, 0) is 10.2 Å². The molecule has 0 aliphatic heterocycles. The van der Waals surface area contributed by atoms with E-state index in [-0.39, 0.29) is 5.41 Å². The van der Waals surface area contributed by atoms with Gasteiger partial charge in [0.1, 0.15) is 5.54 Å². The van der Waals surface area contributed by atoms with Crippen molar-refractivity contribution in [1.82, 2.24) is 5.32 Å². The Morgan fingerprint density at radius 3 is 2.21 bits per heavy atom. The van der Waals surface area contributed by atoms with Crippen molar-refractivity contribution >= 4 is 5.97 Å². The summed E-state index contributed by atoms with van der Waals surface area (Å²) in [5, 5.41) is 12.3. The van der Waals surface area contributed by atoms with Crippen molar-refractivity contribution in [2.45, 2.75) is 52.5 Å². The summed E-state index contributed by atoms with van der Waals surface area (Å²) in [7, 11) is 0. The molecule has 106 valence electrons. The minimum Gasteiger partial charge on any atom is -0.480 e. The predicted octanol–water partition coefficient (Wildman–Crippen LogP) is 3.03. The van der Waals surface area contributed by atoms with Crippen molar-refractivity contribution < 1.29 is 9.90 Å². The second-order valence-corrected chi connectivity index (χ2v) is 6.47. The van der Waals surface area contributed by atoms with Crippen LogP contribution in [0.2, 0.25) is 0 Å². The molecule has 3 nitrogen and oxygen atoms in total. The van der Waals surface area contributed by atoms with Gasteiger partial charge in [-0.25, -0.2) is 0 Å². The van der Waals surface area contributed by atoms with E-state index < -0.39 is 11.5 Å². The third-order valence-corrected chi connectivity index (χ3v) is 3.80. The van der Waals surface area contributed by atoms with Crippen molar-refractivity contribution in [3.05, 3.63) is 34.9 Å². The average Bonchev–Trinajstić information content (AvgIpc) is 2.30. The highest BCUT2D eigenvalue weighted by atomic mass is 16.4. The largest absolute Gasteiger partial charge is 0.480 e. The third kappa shape index (κ3) is 3.80. The zero-order chi connectivity index (χ0) is 14.8. The first kappa shape index (κ1) is 15.7. The second-order valence-electron chi connectivity index (χ2n) is 6.47. The first-order chi connectivity index (χ1) is 8.56. The van der Waals surface area contributed by atoms with E-state index in [4.69, 9.17) is 5.11 Å². The molecule has 1 rings (SSSR count). The van der Waals surface area contributed by atoms with Gasteiger partial charge in [0.15, 0.2) is 0 Å². The first-order valence-corrected chi connectivity index (χ1v) is 6.62. The number of hydrogen-bond acceptors (Lipinski definition) is 2. The number of benzene rings is 1. The molecule has 0 aliphatic rings. The maximum absolute atomic E-state index is 11.1. The molecule has 0 bridgehead atoms. The van der Waals surface area contributed by atoms with Crippen molar-refractivity contribution in [2.75, 3.05) is 6.54 Å². The average molecular weight is 263 g/mol. The molecule has 1 aromatic rings. The molecule has 2 N–H and O–H groups in total. The molecule has 0 saturated carbocycles. The van der Waals surface area contributed by atoms with Crippen molar-refractivity contribution in [3.8, 4) is 0 Å². The maximum atomic E-state index is 11.1. The third-order valence-electron chi connectivity index (χ3n) is 3.80. The molecule has 0 aliphatic carbocycles. The van der Waals surface area contributed by atoms with Crippen LogP contribution in [0.5, 0.6) is 0 Å². The van der Waals surface area contributed by atoms with Crippen LogP contribution in [0.3, 0.4) is 0 Å². The minimum absolute atomic E-state index is 0.106. The highest BCUT2D eigenvalue weighted by Crippen LogP contribution is 2.25. The standard InChI is InChI=1S/C16H25NO2/c1-11-7-8-13(9-12(11)2)15(3,4)10-17-16(5,6)14(18)19/h7-9,17H,10H2,1-6H3,(H,18,19). The smallest absolute Gasteiger partial charge is 0.323 e. The normalized spacial score (nSPS) is 12.5. The number of rotatable bonds is 5. The first-order valence-electron chi connectivity index (χ1n) is 6.62. The number of hydrogen-bond donors (Lipinski definition) is 2. The number of carboxylic acids is 1. The highest BCUT2D eigenvalue weighted by molar-refractivity contribution is 5.77. The molecule has 1 aromatic carbocycles. The number of carboxylic acid groups (broad SMARTS) is 1. The lowest BCUT2D eigenvalue weighted by atomic mass is 9.82. The fraction of sp³-hybridized carbons (Fsp3) is 0.562. The molecule has 0 heterocycles. The van der Waals surface area contributed by atoms with Crippen LogP contribution in [0.1, 0.15) is 44.4 Å². The molecule has 19 heavy (non-hydrogen) atoms. The molecule has 0 radical (unpaired) electrons. The number of nitrogens with one attached hydrogen (secondary N) is 1. The summed E-state index contributed by atoms with van der Waals surface area (Å²) in [6.45, 7) is 12.4. The summed E-state index contributed by atoms with van der Waals surface area (Å²) in [4.78, 5) is 11.1. The second kappa shape index (κ2) is 5.33. The van der Waals surface area contributed by atoms with Gasteiger partial charge < -0.3 is 10.4 Å². The summed E-state index contributed by atoms with van der Waals surface area (Å²) >= 11 is 0. The number of aryl methyl sites for hydroxylation is 2. The Bertz CT molecular complexity index is 476. The monoisotopic (exact) mass is 263 g/mol. The van der Waals surface area contributed by atoms with E-state index in [1.165, 1.54) is 16.7 Å². The Hall–Kier alpha value is -1.35. The summed E-state index contributed by atoms with van der Waals surface area (Å²) in [5.74, 6) is -0.830. The number of carbonyl (C=O) groups is 1. The lowest BCUT2D eigenvalue weighted by molar-refractivity contribution is -0.143. The lowest BCUT2D eigenvalue weighted by Crippen LogP contribution is -2.50. The van der Waals surface area contributed by atoms with Gasteiger partial charge in [0.2, 0.25) is 0 Å². The fourth-order valence-electron chi connectivity index (χ4n) is 1.78. The highest BCUT2D eigenvalue weighted by Gasteiger charge is 2.30. The van der Waals surface area contributed by atoms with Gasteiger partial charge in [0.25, 0.3) is 0 Å². The Balaban J connectivity index is 2.86. The topological polar surface area (TPSA) is 49.3 Å². The molecule has 3 heteroatoms. The SMILES string of the molecule is Cc1ccc(C(C)(C)CNC(C)(C)C(=O)O)cc1C. The Labute approximate surface area is 116 Å². The Morgan fingerprint density at radius 2 is 1.74 bits per heavy atom. The zero-order valence-electron chi connectivity index (χ0n) is 12.8. The van der Waals surface area contributed by atoms with Gasteiger partial charge in [-0.15, -0.1) is 0 Å². The van der Waals surface area contributed by atoms with Crippen molar-refractivity contribution in [1.29, 1.82) is 0 Å². The summed E-state index contributed by atoms with van der Waals surface area (Å²) in [6, 6.07) is 6.43. The molecule has 0 aromatic heterocycles. The van der Waals surface area contributed by atoms with Crippen molar-refractivity contribution in [3.63, 3.8) is 0 Å².